The quantitative estimate of drug-likeness (QED) is 0.800. The Morgan fingerprint density at radius 1 is 1.60 bits per heavy atom. The number of hydrogen-bond donors (Lipinski definition) is 2. The van der Waals surface area contributed by atoms with Crippen molar-refractivity contribution in [1.82, 2.24) is 9.97 Å². The highest BCUT2D eigenvalue weighted by Crippen LogP contribution is 2.40. The van der Waals surface area contributed by atoms with Crippen molar-refractivity contribution < 1.29 is 0 Å². The SMILES string of the molecule is CCC[C@H]1CCCC[C@]1(N)c1ncc[nH]1. The Morgan fingerprint density at radius 3 is 3.13 bits per heavy atom. The molecule has 0 saturated heterocycles. The molecule has 1 heterocycles. The second-order valence-corrected chi connectivity index (χ2v) is 4.71. The molecule has 1 aromatic heterocycles. The van der Waals surface area contributed by atoms with Crippen LogP contribution in [0.3, 0.4) is 0 Å². The van der Waals surface area contributed by atoms with Crippen LogP contribution in [-0.2, 0) is 5.54 Å². The number of nitrogens with two attached hydrogens (primary N) is 1. The predicted octanol–water partition coefficient (Wildman–Crippen LogP) is 2.55. The third-order valence-corrected chi connectivity index (χ3v) is 3.70. The Hall–Kier alpha value is -0.830. The van der Waals surface area contributed by atoms with E-state index in [4.69, 9.17) is 5.73 Å². The number of nitrogens with one attached hydrogen (secondary N) is 1. The molecule has 0 aromatic carbocycles. The first-order valence-electron chi connectivity index (χ1n) is 6.06. The Morgan fingerprint density at radius 2 is 2.47 bits per heavy atom. The van der Waals surface area contributed by atoms with E-state index in [1.165, 1.54) is 32.1 Å². The summed E-state index contributed by atoms with van der Waals surface area (Å²) in [5.41, 5.74) is 6.36. The van der Waals surface area contributed by atoms with Gasteiger partial charge in [0.2, 0.25) is 0 Å². The average molecular weight is 207 g/mol. The lowest BCUT2D eigenvalue weighted by atomic mass is 9.71. The van der Waals surface area contributed by atoms with Crippen LogP contribution in [0.4, 0.5) is 0 Å². The number of imidazole rings is 1. The minimum atomic E-state index is -0.197. The summed E-state index contributed by atoms with van der Waals surface area (Å²) in [6.45, 7) is 2.23. The lowest BCUT2D eigenvalue weighted by Crippen LogP contribution is -2.47. The predicted molar refractivity (Wildman–Crippen MR) is 61.3 cm³/mol. The van der Waals surface area contributed by atoms with E-state index in [2.05, 4.69) is 16.9 Å². The van der Waals surface area contributed by atoms with Gasteiger partial charge >= 0.3 is 0 Å². The molecule has 3 N–H and O–H groups in total. The summed E-state index contributed by atoms with van der Waals surface area (Å²) in [5, 5.41) is 0. The normalized spacial score (nSPS) is 31.7. The first-order chi connectivity index (χ1) is 7.27. The summed E-state index contributed by atoms with van der Waals surface area (Å²) in [4.78, 5) is 7.56. The molecule has 84 valence electrons. The van der Waals surface area contributed by atoms with E-state index < -0.39 is 0 Å². The van der Waals surface area contributed by atoms with Crippen molar-refractivity contribution in [2.75, 3.05) is 0 Å². The van der Waals surface area contributed by atoms with Gasteiger partial charge in [0, 0.05) is 12.4 Å². The second kappa shape index (κ2) is 4.35. The monoisotopic (exact) mass is 207 g/mol. The van der Waals surface area contributed by atoms with Gasteiger partial charge in [-0.15, -0.1) is 0 Å². The summed E-state index contributed by atoms with van der Waals surface area (Å²) in [6, 6.07) is 0. The largest absolute Gasteiger partial charge is 0.347 e. The molecular weight excluding hydrogens is 186 g/mol. The summed E-state index contributed by atoms with van der Waals surface area (Å²) < 4.78 is 0. The van der Waals surface area contributed by atoms with Crippen molar-refractivity contribution in [3.8, 4) is 0 Å². The van der Waals surface area contributed by atoms with Crippen molar-refractivity contribution in [1.29, 1.82) is 0 Å². The standard InChI is InChI=1S/C12H21N3/c1-2-5-10-6-3-4-7-12(10,13)11-14-8-9-15-11/h8-10H,2-7,13H2,1H3,(H,14,15)/t10-,12+/m0/s1. The van der Waals surface area contributed by atoms with E-state index >= 15 is 0 Å². The molecular formula is C12H21N3. The molecule has 1 aliphatic carbocycles. The van der Waals surface area contributed by atoms with Crippen molar-refractivity contribution >= 4 is 0 Å². The molecule has 2 atom stereocenters. The maximum atomic E-state index is 6.56. The zero-order chi connectivity index (χ0) is 10.7. The Bertz CT molecular complexity index is 292. The van der Waals surface area contributed by atoms with E-state index in [9.17, 15) is 0 Å². The van der Waals surface area contributed by atoms with E-state index in [1.54, 1.807) is 0 Å². The van der Waals surface area contributed by atoms with Gasteiger partial charge in [0.1, 0.15) is 5.82 Å². The number of nitrogens with zero attached hydrogens (tertiary/aromatic N) is 1. The molecule has 0 unspecified atom stereocenters. The van der Waals surface area contributed by atoms with Gasteiger partial charge in [-0.05, 0) is 25.2 Å². The topological polar surface area (TPSA) is 54.7 Å². The third kappa shape index (κ3) is 1.93. The highest BCUT2D eigenvalue weighted by Gasteiger charge is 2.39. The molecule has 2 rings (SSSR count). The molecule has 15 heavy (non-hydrogen) atoms. The molecule has 0 bridgehead atoms. The number of H-pyrrole nitrogens is 1. The van der Waals surface area contributed by atoms with Crippen LogP contribution in [-0.4, -0.2) is 9.97 Å². The number of rotatable bonds is 3. The van der Waals surface area contributed by atoms with E-state index in [0.717, 1.165) is 12.2 Å². The number of hydrogen-bond acceptors (Lipinski definition) is 2. The fraction of sp³-hybridized carbons (Fsp3) is 0.750. The molecule has 1 aliphatic rings. The van der Waals surface area contributed by atoms with E-state index in [-0.39, 0.29) is 5.54 Å². The lowest BCUT2D eigenvalue weighted by molar-refractivity contribution is 0.168. The maximum absolute atomic E-state index is 6.56. The average Bonchev–Trinajstić information content (AvgIpc) is 2.75. The van der Waals surface area contributed by atoms with Crippen molar-refractivity contribution in [3.05, 3.63) is 18.2 Å². The van der Waals surface area contributed by atoms with Gasteiger partial charge in [-0.3, -0.25) is 0 Å². The van der Waals surface area contributed by atoms with Crippen LogP contribution in [0.2, 0.25) is 0 Å². The summed E-state index contributed by atoms with van der Waals surface area (Å²) >= 11 is 0. The maximum Gasteiger partial charge on any atom is 0.126 e. The fourth-order valence-corrected chi connectivity index (χ4v) is 2.85. The number of aromatic nitrogens is 2. The molecule has 3 heteroatoms. The molecule has 1 aromatic rings. The van der Waals surface area contributed by atoms with Crippen LogP contribution in [0, 0.1) is 5.92 Å². The van der Waals surface area contributed by atoms with Crippen LogP contribution in [0.25, 0.3) is 0 Å². The Kier molecular flexibility index (Phi) is 3.10. The van der Waals surface area contributed by atoms with Crippen molar-refractivity contribution in [3.63, 3.8) is 0 Å². The Labute approximate surface area is 91.5 Å². The molecule has 3 nitrogen and oxygen atoms in total. The molecule has 1 saturated carbocycles. The van der Waals surface area contributed by atoms with Gasteiger partial charge in [-0.25, -0.2) is 4.98 Å². The van der Waals surface area contributed by atoms with Crippen LogP contribution >= 0.6 is 0 Å². The highest BCUT2D eigenvalue weighted by atomic mass is 15.0. The summed E-state index contributed by atoms with van der Waals surface area (Å²) in [6.07, 6.45) is 11.0. The van der Waals surface area contributed by atoms with E-state index in [1.807, 2.05) is 12.4 Å². The highest BCUT2D eigenvalue weighted by molar-refractivity contribution is 5.09. The minimum absolute atomic E-state index is 0.197. The van der Waals surface area contributed by atoms with Crippen LogP contribution < -0.4 is 5.73 Å². The minimum Gasteiger partial charge on any atom is -0.347 e. The van der Waals surface area contributed by atoms with Crippen molar-refractivity contribution in [2.45, 2.75) is 51.0 Å². The molecule has 0 amide bonds. The smallest absolute Gasteiger partial charge is 0.126 e. The Balaban J connectivity index is 2.21. The number of aromatic amines is 1. The van der Waals surface area contributed by atoms with Crippen LogP contribution in [0.1, 0.15) is 51.3 Å². The van der Waals surface area contributed by atoms with Crippen LogP contribution in [0.15, 0.2) is 12.4 Å². The second-order valence-electron chi connectivity index (χ2n) is 4.71. The van der Waals surface area contributed by atoms with Gasteiger partial charge in [-0.2, -0.15) is 0 Å². The van der Waals surface area contributed by atoms with Crippen molar-refractivity contribution in [2.24, 2.45) is 11.7 Å². The summed E-state index contributed by atoms with van der Waals surface area (Å²) in [5.74, 6) is 1.59. The molecule has 0 radical (unpaired) electrons. The van der Waals surface area contributed by atoms with Gasteiger partial charge in [0.25, 0.3) is 0 Å². The molecule has 0 aliphatic heterocycles. The first kappa shape index (κ1) is 10.7. The van der Waals surface area contributed by atoms with Gasteiger partial charge in [0.05, 0.1) is 5.54 Å². The first-order valence-corrected chi connectivity index (χ1v) is 6.06. The van der Waals surface area contributed by atoms with Gasteiger partial charge in [-0.1, -0.05) is 26.2 Å². The zero-order valence-electron chi connectivity index (χ0n) is 9.50. The lowest BCUT2D eigenvalue weighted by Gasteiger charge is -2.39. The molecule has 0 spiro atoms. The zero-order valence-corrected chi connectivity index (χ0v) is 9.50. The molecule has 1 fully saturated rings. The van der Waals surface area contributed by atoms with Crippen LogP contribution in [0.5, 0.6) is 0 Å². The van der Waals surface area contributed by atoms with Gasteiger partial charge < -0.3 is 10.7 Å². The summed E-state index contributed by atoms with van der Waals surface area (Å²) in [7, 11) is 0. The third-order valence-electron chi connectivity index (χ3n) is 3.70. The van der Waals surface area contributed by atoms with E-state index in [0.29, 0.717) is 5.92 Å². The fourth-order valence-electron chi connectivity index (χ4n) is 2.85. The van der Waals surface area contributed by atoms with Gasteiger partial charge in [0.15, 0.2) is 0 Å².